The van der Waals surface area contributed by atoms with Crippen molar-refractivity contribution >= 4 is 16.7 Å². The summed E-state index contributed by atoms with van der Waals surface area (Å²) in [5.41, 5.74) is 1.62. The highest BCUT2D eigenvalue weighted by atomic mass is 19.4. The van der Waals surface area contributed by atoms with Gasteiger partial charge >= 0.3 is 6.18 Å². The largest absolute Gasteiger partial charge is 0.497 e. The summed E-state index contributed by atoms with van der Waals surface area (Å²) in [6.45, 7) is 1.90. The van der Waals surface area contributed by atoms with E-state index in [9.17, 15) is 22.4 Å². The molecule has 0 radical (unpaired) electrons. The minimum absolute atomic E-state index is 0.180. The van der Waals surface area contributed by atoms with Gasteiger partial charge in [-0.1, -0.05) is 37.3 Å². The first-order chi connectivity index (χ1) is 17.2. The van der Waals surface area contributed by atoms with Crippen molar-refractivity contribution in [2.24, 2.45) is 0 Å². The van der Waals surface area contributed by atoms with Crippen molar-refractivity contribution in [3.8, 4) is 16.9 Å². The number of nitrogens with one attached hydrogen (secondary N) is 1. The number of carbonyl (C=O) groups is 1. The van der Waals surface area contributed by atoms with Crippen LogP contribution >= 0.6 is 0 Å². The standard InChI is InChI=1S/C28H24F4N2O2/c1-3-21(18-8-10-25(26(29)14-18)28(30,31)32)27(35)34-15-19-7-9-22(23-11-12-33-16-24(19)23)17-5-4-6-20(13-17)36-2/h4-14,16,21H,3,15H2,1-2H3,(H,34,35). The number of ether oxygens (including phenoxy) is 1. The number of aromatic nitrogens is 1. The van der Waals surface area contributed by atoms with Gasteiger partial charge in [0.1, 0.15) is 11.6 Å². The molecule has 0 saturated carbocycles. The van der Waals surface area contributed by atoms with Gasteiger partial charge in [-0.15, -0.1) is 0 Å². The first-order valence-corrected chi connectivity index (χ1v) is 11.4. The van der Waals surface area contributed by atoms with Gasteiger partial charge in [0.25, 0.3) is 0 Å². The van der Waals surface area contributed by atoms with Crippen LogP contribution in [0.25, 0.3) is 21.9 Å². The molecule has 0 spiro atoms. The van der Waals surface area contributed by atoms with Crippen LogP contribution in [-0.4, -0.2) is 18.0 Å². The highest BCUT2D eigenvalue weighted by Gasteiger charge is 2.34. The predicted octanol–water partition coefficient (Wildman–Crippen LogP) is 6.88. The van der Waals surface area contributed by atoms with Gasteiger partial charge < -0.3 is 10.1 Å². The quantitative estimate of drug-likeness (QED) is 0.284. The molecule has 4 nitrogen and oxygen atoms in total. The number of alkyl halides is 3. The fourth-order valence-corrected chi connectivity index (χ4v) is 4.30. The Hall–Kier alpha value is -3.94. The lowest BCUT2D eigenvalue weighted by Gasteiger charge is -2.18. The molecule has 1 unspecified atom stereocenters. The van der Waals surface area contributed by atoms with Crippen molar-refractivity contribution in [3.63, 3.8) is 0 Å². The molecule has 1 amide bonds. The third-order valence-corrected chi connectivity index (χ3v) is 6.17. The molecule has 36 heavy (non-hydrogen) atoms. The number of amides is 1. The summed E-state index contributed by atoms with van der Waals surface area (Å²) in [7, 11) is 1.61. The number of hydrogen-bond acceptors (Lipinski definition) is 3. The van der Waals surface area contributed by atoms with Crippen molar-refractivity contribution in [3.05, 3.63) is 95.6 Å². The number of nitrogens with zero attached hydrogens (tertiary/aromatic N) is 1. The monoisotopic (exact) mass is 496 g/mol. The van der Waals surface area contributed by atoms with Crippen LogP contribution in [0.5, 0.6) is 5.75 Å². The van der Waals surface area contributed by atoms with Gasteiger partial charge in [-0.05, 0) is 64.4 Å². The van der Waals surface area contributed by atoms with Gasteiger partial charge in [-0.2, -0.15) is 13.2 Å². The second-order valence-electron chi connectivity index (χ2n) is 8.34. The number of hydrogen-bond donors (Lipinski definition) is 1. The smallest absolute Gasteiger partial charge is 0.419 e. The van der Waals surface area contributed by atoms with Crippen LogP contribution < -0.4 is 10.1 Å². The molecular formula is C28H24F4N2O2. The van der Waals surface area contributed by atoms with Gasteiger partial charge in [0.05, 0.1) is 18.6 Å². The van der Waals surface area contributed by atoms with Gasteiger partial charge in [-0.25, -0.2) is 4.39 Å². The van der Waals surface area contributed by atoms with Crippen molar-refractivity contribution < 1.29 is 27.1 Å². The van der Waals surface area contributed by atoms with E-state index in [1.54, 1.807) is 26.4 Å². The molecule has 0 bridgehead atoms. The fraction of sp³-hybridized carbons (Fsp3) is 0.214. The first kappa shape index (κ1) is 25.2. The Bertz CT molecular complexity index is 1400. The number of carbonyl (C=O) groups excluding carboxylic acids is 1. The Morgan fingerprint density at radius 1 is 1.06 bits per heavy atom. The maximum atomic E-state index is 14.1. The van der Waals surface area contributed by atoms with Gasteiger partial charge in [0.2, 0.25) is 5.91 Å². The molecule has 4 rings (SSSR count). The molecule has 0 saturated heterocycles. The molecule has 0 aliphatic carbocycles. The van der Waals surface area contributed by atoms with E-state index < -0.39 is 29.4 Å². The number of halogens is 4. The molecular weight excluding hydrogens is 472 g/mol. The third kappa shape index (κ3) is 5.17. The van der Waals surface area contributed by atoms with E-state index in [0.717, 1.165) is 45.3 Å². The molecule has 186 valence electrons. The summed E-state index contributed by atoms with van der Waals surface area (Å²) >= 11 is 0. The average Bonchev–Trinajstić information content (AvgIpc) is 2.87. The highest BCUT2D eigenvalue weighted by Crippen LogP contribution is 2.34. The maximum Gasteiger partial charge on any atom is 0.419 e. The lowest BCUT2D eigenvalue weighted by molar-refractivity contribution is -0.140. The van der Waals surface area contributed by atoms with Crippen LogP contribution in [0.15, 0.2) is 73.1 Å². The molecule has 1 N–H and O–H groups in total. The van der Waals surface area contributed by atoms with Crippen molar-refractivity contribution in [1.82, 2.24) is 10.3 Å². The number of rotatable bonds is 7. The fourth-order valence-electron chi connectivity index (χ4n) is 4.30. The third-order valence-electron chi connectivity index (χ3n) is 6.17. The summed E-state index contributed by atoms with van der Waals surface area (Å²) in [6.07, 6.45) is -1.07. The summed E-state index contributed by atoms with van der Waals surface area (Å²) in [5, 5.41) is 4.65. The zero-order chi connectivity index (χ0) is 25.9. The number of pyridine rings is 1. The summed E-state index contributed by atoms with van der Waals surface area (Å²) in [5.74, 6) is -1.85. The molecule has 1 atom stereocenters. The Morgan fingerprint density at radius 2 is 1.86 bits per heavy atom. The van der Waals surface area contributed by atoms with E-state index in [-0.39, 0.29) is 12.1 Å². The number of benzene rings is 3. The van der Waals surface area contributed by atoms with Crippen LogP contribution in [0.3, 0.4) is 0 Å². The second-order valence-corrected chi connectivity index (χ2v) is 8.34. The van der Waals surface area contributed by atoms with E-state index in [1.165, 1.54) is 0 Å². The van der Waals surface area contributed by atoms with E-state index in [0.29, 0.717) is 12.5 Å². The van der Waals surface area contributed by atoms with E-state index >= 15 is 0 Å². The van der Waals surface area contributed by atoms with Crippen LogP contribution in [-0.2, 0) is 17.5 Å². The second kappa shape index (κ2) is 10.4. The lowest BCUT2D eigenvalue weighted by Crippen LogP contribution is -2.29. The van der Waals surface area contributed by atoms with E-state index in [2.05, 4.69) is 10.3 Å². The zero-order valence-corrected chi connectivity index (χ0v) is 19.7. The summed E-state index contributed by atoms with van der Waals surface area (Å²) in [6, 6.07) is 16.1. The topological polar surface area (TPSA) is 51.2 Å². The molecule has 0 aliphatic rings. The average molecular weight is 497 g/mol. The zero-order valence-electron chi connectivity index (χ0n) is 19.7. The van der Waals surface area contributed by atoms with Crippen molar-refractivity contribution in [1.29, 1.82) is 0 Å². The molecule has 1 aromatic heterocycles. The normalized spacial score (nSPS) is 12.4. The van der Waals surface area contributed by atoms with Gasteiger partial charge in [-0.3, -0.25) is 9.78 Å². The molecule has 4 aromatic rings. The van der Waals surface area contributed by atoms with E-state index in [4.69, 9.17) is 4.74 Å². The Labute approximate surface area is 205 Å². The molecule has 8 heteroatoms. The summed E-state index contributed by atoms with van der Waals surface area (Å²) in [4.78, 5) is 17.2. The Kier molecular flexibility index (Phi) is 7.24. The van der Waals surface area contributed by atoms with Gasteiger partial charge in [0.15, 0.2) is 0 Å². The minimum Gasteiger partial charge on any atom is -0.497 e. The number of methoxy groups -OCH3 is 1. The maximum absolute atomic E-state index is 14.1. The van der Waals surface area contributed by atoms with Crippen molar-refractivity contribution in [2.45, 2.75) is 32.0 Å². The Morgan fingerprint density at radius 3 is 2.56 bits per heavy atom. The molecule has 3 aromatic carbocycles. The lowest BCUT2D eigenvalue weighted by atomic mass is 9.93. The van der Waals surface area contributed by atoms with Crippen LogP contribution in [0.1, 0.15) is 36.0 Å². The van der Waals surface area contributed by atoms with Crippen LogP contribution in [0.4, 0.5) is 17.6 Å². The van der Waals surface area contributed by atoms with E-state index in [1.807, 2.05) is 42.5 Å². The SMILES string of the molecule is CCC(C(=O)NCc1ccc(-c2cccc(OC)c2)c2ccncc12)c1ccc(C(F)(F)F)c(F)c1. The van der Waals surface area contributed by atoms with Crippen LogP contribution in [0, 0.1) is 5.82 Å². The summed E-state index contributed by atoms with van der Waals surface area (Å²) < 4.78 is 58.1. The number of fused-ring (bicyclic) bond motifs is 1. The minimum atomic E-state index is -4.79. The molecule has 0 aliphatic heterocycles. The molecule has 0 fully saturated rings. The van der Waals surface area contributed by atoms with Crippen molar-refractivity contribution in [2.75, 3.05) is 7.11 Å². The first-order valence-electron chi connectivity index (χ1n) is 11.4. The predicted molar refractivity (Wildman–Crippen MR) is 130 cm³/mol. The Balaban J connectivity index is 1.58. The molecule has 1 heterocycles. The highest BCUT2D eigenvalue weighted by molar-refractivity contribution is 5.98. The van der Waals surface area contributed by atoms with Crippen LogP contribution in [0.2, 0.25) is 0 Å². The van der Waals surface area contributed by atoms with Gasteiger partial charge in [0, 0.05) is 24.3 Å².